The molecule has 0 aliphatic rings. The van der Waals surface area contributed by atoms with Gasteiger partial charge >= 0.3 is 7.48 Å². The van der Waals surface area contributed by atoms with E-state index >= 15 is 0 Å². The predicted molar refractivity (Wildman–Crippen MR) is 92.0 cm³/mol. The Morgan fingerprint density at radius 2 is 1.64 bits per heavy atom. The topological polar surface area (TPSA) is 42.6 Å². The summed E-state index contributed by atoms with van der Waals surface area (Å²) >= 11 is 0. The Morgan fingerprint density at radius 3 is 2.36 bits per heavy atom. The summed E-state index contributed by atoms with van der Waals surface area (Å²) in [4.78, 5) is 0. The lowest BCUT2D eigenvalue weighted by Gasteiger charge is -2.37. The molecule has 3 nitrogen and oxygen atoms in total. The summed E-state index contributed by atoms with van der Waals surface area (Å²) in [6.45, 7) is 7.31. The summed E-state index contributed by atoms with van der Waals surface area (Å²) in [5.74, 6) is 0. The van der Waals surface area contributed by atoms with Gasteiger partial charge in [0, 0.05) is 10.8 Å². The van der Waals surface area contributed by atoms with Crippen LogP contribution in [0.1, 0.15) is 27.7 Å². The number of para-hydroxylation sites is 1. The normalized spacial score (nSPS) is 13.0. The number of aliphatic hydroxyl groups is 1. The average Bonchev–Trinajstić information content (AvgIpc) is 2.81. The van der Waals surface area contributed by atoms with E-state index in [0.29, 0.717) is 7.48 Å². The highest BCUT2D eigenvalue weighted by Gasteiger charge is 2.35. The Kier molecular flexibility index (Phi) is 3.54. The molecular formula is C18H21BO3. The summed E-state index contributed by atoms with van der Waals surface area (Å²) in [7, 11) is 0.434. The van der Waals surface area contributed by atoms with Crippen LogP contribution in [0.25, 0.3) is 21.9 Å². The van der Waals surface area contributed by atoms with Gasteiger partial charge in [-0.3, -0.25) is 0 Å². The molecule has 0 aliphatic heterocycles. The molecule has 0 saturated heterocycles. The van der Waals surface area contributed by atoms with Crippen LogP contribution in [0.2, 0.25) is 0 Å². The zero-order valence-corrected chi connectivity index (χ0v) is 13.5. The molecule has 0 saturated carbocycles. The van der Waals surface area contributed by atoms with E-state index in [1.54, 1.807) is 13.8 Å². The molecule has 3 rings (SSSR count). The Labute approximate surface area is 131 Å². The van der Waals surface area contributed by atoms with Crippen LogP contribution in [-0.2, 0) is 4.65 Å². The number of hydrogen-bond donors (Lipinski definition) is 1. The van der Waals surface area contributed by atoms with Crippen molar-refractivity contribution in [3.63, 3.8) is 0 Å². The first-order valence-corrected chi connectivity index (χ1v) is 7.54. The minimum absolute atomic E-state index is 0.434. The van der Waals surface area contributed by atoms with Gasteiger partial charge < -0.3 is 14.2 Å². The Bertz CT molecular complexity index is 812. The van der Waals surface area contributed by atoms with Gasteiger partial charge in [-0.1, -0.05) is 30.3 Å². The standard InChI is InChI=1S/C18H21BO3/c1-17(2,20)18(3,4)22-19-12-9-10-14-13-7-5-6-8-15(13)21-16(14)11-12/h5-11,19-20H,1-4H3. The maximum Gasteiger partial charge on any atom is 0.309 e. The first-order valence-electron chi connectivity index (χ1n) is 7.54. The van der Waals surface area contributed by atoms with E-state index in [1.165, 1.54) is 0 Å². The van der Waals surface area contributed by atoms with Gasteiger partial charge in [-0.25, -0.2) is 0 Å². The number of furan rings is 1. The highest BCUT2D eigenvalue weighted by molar-refractivity contribution is 6.47. The van der Waals surface area contributed by atoms with Crippen LogP contribution in [0.4, 0.5) is 0 Å². The van der Waals surface area contributed by atoms with Gasteiger partial charge in [-0.2, -0.15) is 0 Å². The van der Waals surface area contributed by atoms with Crippen molar-refractivity contribution in [1.82, 2.24) is 0 Å². The van der Waals surface area contributed by atoms with E-state index in [0.717, 1.165) is 27.4 Å². The van der Waals surface area contributed by atoms with Gasteiger partial charge in [-0.05, 0) is 45.3 Å². The Hall–Kier alpha value is -1.78. The zero-order chi connectivity index (χ0) is 16.0. The van der Waals surface area contributed by atoms with E-state index in [2.05, 4.69) is 12.1 Å². The van der Waals surface area contributed by atoms with Crippen LogP contribution >= 0.6 is 0 Å². The number of fused-ring (bicyclic) bond motifs is 3. The van der Waals surface area contributed by atoms with E-state index in [4.69, 9.17) is 9.07 Å². The highest BCUT2D eigenvalue weighted by atomic mass is 16.5. The molecule has 0 atom stereocenters. The minimum Gasteiger partial charge on any atom is -0.456 e. The third-order valence-electron chi connectivity index (χ3n) is 4.52. The summed E-state index contributed by atoms with van der Waals surface area (Å²) in [6, 6.07) is 14.1. The molecule has 0 amide bonds. The fourth-order valence-corrected chi connectivity index (χ4v) is 2.30. The van der Waals surface area contributed by atoms with Gasteiger partial charge in [0.05, 0.1) is 11.2 Å². The van der Waals surface area contributed by atoms with Crippen LogP contribution in [0.15, 0.2) is 46.9 Å². The predicted octanol–water partition coefficient (Wildman–Crippen LogP) is 3.13. The van der Waals surface area contributed by atoms with Crippen LogP contribution in [-0.4, -0.2) is 23.8 Å². The quantitative estimate of drug-likeness (QED) is 0.752. The van der Waals surface area contributed by atoms with Crippen molar-refractivity contribution in [3.8, 4) is 0 Å². The summed E-state index contributed by atoms with van der Waals surface area (Å²) in [5.41, 5.74) is 1.26. The average molecular weight is 296 g/mol. The number of rotatable bonds is 4. The second-order valence-electron chi connectivity index (χ2n) is 6.79. The van der Waals surface area contributed by atoms with Crippen LogP contribution in [0, 0.1) is 0 Å². The monoisotopic (exact) mass is 296 g/mol. The summed E-state index contributed by atoms with van der Waals surface area (Å²) in [5, 5.41) is 12.4. The molecule has 2 aromatic carbocycles. The number of benzene rings is 2. The second-order valence-corrected chi connectivity index (χ2v) is 6.79. The maximum atomic E-state index is 10.1. The van der Waals surface area contributed by atoms with Crippen molar-refractivity contribution < 1.29 is 14.2 Å². The lowest BCUT2D eigenvalue weighted by Crippen LogP contribution is -2.49. The van der Waals surface area contributed by atoms with Crippen molar-refractivity contribution in [3.05, 3.63) is 42.5 Å². The Morgan fingerprint density at radius 1 is 0.955 bits per heavy atom. The summed E-state index contributed by atoms with van der Waals surface area (Å²) < 4.78 is 11.8. The van der Waals surface area contributed by atoms with Gasteiger partial charge in [0.1, 0.15) is 11.2 Å². The second kappa shape index (κ2) is 5.15. The third-order valence-corrected chi connectivity index (χ3v) is 4.52. The minimum atomic E-state index is -0.906. The molecule has 0 aliphatic carbocycles. The van der Waals surface area contributed by atoms with E-state index in [1.807, 2.05) is 44.2 Å². The molecule has 114 valence electrons. The molecule has 1 aromatic heterocycles. The van der Waals surface area contributed by atoms with E-state index in [-0.39, 0.29) is 0 Å². The Balaban J connectivity index is 1.88. The smallest absolute Gasteiger partial charge is 0.309 e. The fraction of sp³-hybridized carbons (Fsp3) is 0.333. The van der Waals surface area contributed by atoms with Crippen molar-refractivity contribution in [2.45, 2.75) is 38.9 Å². The van der Waals surface area contributed by atoms with E-state index < -0.39 is 11.2 Å². The molecule has 0 fully saturated rings. The third kappa shape index (κ3) is 2.64. The fourth-order valence-electron chi connectivity index (χ4n) is 2.30. The first kappa shape index (κ1) is 15.1. The lowest BCUT2D eigenvalue weighted by atomic mass is 9.82. The molecule has 0 radical (unpaired) electrons. The van der Waals surface area contributed by atoms with Crippen molar-refractivity contribution in [1.29, 1.82) is 0 Å². The molecule has 3 aromatic rings. The summed E-state index contributed by atoms with van der Waals surface area (Å²) in [6.07, 6.45) is 0. The van der Waals surface area contributed by atoms with Crippen molar-refractivity contribution >= 4 is 34.9 Å². The van der Waals surface area contributed by atoms with Crippen molar-refractivity contribution in [2.24, 2.45) is 0 Å². The molecule has 22 heavy (non-hydrogen) atoms. The van der Waals surface area contributed by atoms with Crippen molar-refractivity contribution in [2.75, 3.05) is 0 Å². The lowest BCUT2D eigenvalue weighted by molar-refractivity contribution is -0.0893. The highest BCUT2D eigenvalue weighted by Crippen LogP contribution is 2.28. The zero-order valence-electron chi connectivity index (χ0n) is 13.5. The van der Waals surface area contributed by atoms with Gasteiger partial charge in [0.15, 0.2) is 0 Å². The van der Waals surface area contributed by atoms with Gasteiger partial charge in [0.2, 0.25) is 0 Å². The van der Waals surface area contributed by atoms with E-state index in [9.17, 15) is 5.11 Å². The molecule has 4 heteroatoms. The molecule has 1 N–H and O–H groups in total. The maximum absolute atomic E-state index is 10.1. The van der Waals surface area contributed by atoms with Crippen LogP contribution < -0.4 is 5.46 Å². The molecule has 0 unspecified atom stereocenters. The SMILES string of the molecule is CC(C)(O)C(C)(C)OBc1ccc2c(c1)oc1ccccc12. The van der Waals surface area contributed by atoms with Crippen LogP contribution in [0.3, 0.4) is 0 Å². The molecule has 0 spiro atoms. The first-order chi connectivity index (χ1) is 10.3. The molecule has 0 bridgehead atoms. The molecular weight excluding hydrogens is 275 g/mol. The van der Waals surface area contributed by atoms with Crippen LogP contribution in [0.5, 0.6) is 0 Å². The largest absolute Gasteiger partial charge is 0.456 e. The van der Waals surface area contributed by atoms with Gasteiger partial charge in [-0.15, -0.1) is 0 Å². The van der Waals surface area contributed by atoms with Gasteiger partial charge in [0.25, 0.3) is 0 Å². The molecule has 1 heterocycles. The number of hydrogen-bond acceptors (Lipinski definition) is 3.